The molecule has 4 nitrogen and oxygen atoms in total. The maximum atomic E-state index is 7.57. The molecule has 0 saturated carbocycles. The summed E-state index contributed by atoms with van der Waals surface area (Å²) in [6.45, 7) is 0. The van der Waals surface area contributed by atoms with Crippen LogP contribution in [0.2, 0.25) is 0 Å². The van der Waals surface area contributed by atoms with Crippen molar-refractivity contribution < 1.29 is 0 Å². The van der Waals surface area contributed by atoms with E-state index in [2.05, 4.69) is 0 Å². The van der Waals surface area contributed by atoms with E-state index in [-0.39, 0.29) is 0 Å². The van der Waals surface area contributed by atoms with Crippen molar-refractivity contribution in [3.8, 4) is 0 Å². The van der Waals surface area contributed by atoms with Gasteiger partial charge in [0.1, 0.15) is 0 Å². The number of nitrogens with zero attached hydrogens (tertiary/aromatic N) is 2. The third-order valence-corrected chi connectivity index (χ3v) is 2.05. The molecule has 0 amide bonds. The maximum Gasteiger partial charge on any atom is 0.221 e. The predicted molar refractivity (Wildman–Crippen MR) is 46.9 cm³/mol. The van der Waals surface area contributed by atoms with Gasteiger partial charge in [-0.25, -0.2) is 4.68 Å². The normalized spacial score (nSPS) is 10.8. The lowest BCUT2D eigenvalue weighted by Gasteiger charge is -1.91. The minimum atomic E-state index is 0.302. The number of rotatable bonds is 0. The van der Waals surface area contributed by atoms with Gasteiger partial charge in [-0.3, -0.25) is 5.41 Å². The average Bonchev–Trinajstić information content (AvgIpc) is 2.33. The summed E-state index contributed by atoms with van der Waals surface area (Å²) >= 11 is 0. The molecule has 1 aromatic heterocycles. The standard InChI is InChI=1S/C8H10N4/c1-11-6-4-2-3-5-7(6)12(10)8(11)9/h2-5,9H,10H2,1H3. The molecule has 4 heteroatoms. The third-order valence-electron chi connectivity index (χ3n) is 2.05. The molecule has 1 heterocycles. The zero-order chi connectivity index (χ0) is 8.72. The fourth-order valence-electron chi connectivity index (χ4n) is 1.34. The molecule has 2 rings (SSSR count). The highest BCUT2D eigenvalue weighted by Gasteiger charge is 2.02. The van der Waals surface area contributed by atoms with Crippen molar-refractivity contribution in [2.45, 2.75) is 0 Å². The van der Waals surface area contributed by atoms with Crippen LogP contribution in [0.4, 0.5) is 0 Å². The van der Waals surface area contributed by atoms with Crippen molar-refractivity contribution in [1.29, 1.82) is 5.41 Å². The first-order valence-corrected chi connectivity index (χ1v) is 3.68. The number of nitrogens with two attached hydrogens (primary N) is 1. The molecular weight excluding hydrogens is 152 g/mol. The van der Waals surface area contributed by atoms with Gasteiger partial charge in [0, 0.05) is 7.05 Å². The molecule has 62 valence electrons. The van der Waals surface area contributed by atoms with Crippen molar-refractivity contribution in [3.63, 3.8) is 0 Å². The smallest absolute Gasteiger partial charge is 0.221 e. The number of para-hydroxylation sites is 2. The monoisotopic (exact) mass is 162 g/mol. The van der Waals surface area contributed by atoms with Crippen molar-refractivity contribution in [1.82, 2.24) is 9.24 Å². The highest BCUT2D eigenvalue weighted by molar-refractivity contribution is 5.75. The Hall–Kier alpha value is -1.71. The maximum absolute atomic E-state index is 7.57. The second kappa shape index (κ2) is 2.14. The first-order chi connectivity index (χ1) is 5.72. The Morgan fingerprint density at radius 2 is 1.83 bits per heavy atom. The minimum Gasteiger partial charge on any atom is -0.336 e. The van der Waals surface area contributed by atoms with Crippen molar-refractivity contribution in [3.05, 3.63) is 29.9 Å². The second-order valence-electron chi connectivity index (χ2n) is 2.74. The molecule has 12 heavy (non-hydrogen) atoms. The van der Waals surface area contributed by atoms with Gasteiger partial charge in [0.15, 0.2) is 0 Å². The van der Waals surface area contributed by atoms with E-state index in [1.165, 1.54) is 4.68 Å². The van der Waals surface area contributed by atoms with Crippen LogP contribution in [0.25, 0.3) is 11.0 Å². The van der Waals surface area contributed by atoms with E-state index < -0.39 is 0 Å². The Bertz CT molecular complexity index is 435. The Kier molecular flexibility index (Phi) is 1.24. The average molecular weight is 162 g/mol. The van der Waals surface area contributed by atoms with Crippen molar-refractivity contribution in [2.75, 3.05) is 5.84 Å². The summed E-state index contributed by atoms with van der Waals surface area (Å²) in [7, 11) is 1.83. The molecule has 2 aromatic rings. The fourth-order valence-corrected chi connectivity index (χ4v) is 1.34. The van der Waals surface area contributed by atoms with Crippen LogP contribution in [0.1, 0.15) is 0 Å². The van der Waals surface area contributed by atoms with Gasteiger partial charge in [-0.1, -0.05) is 12.1 Å². The van der Waals surface area contributed by atoms with Gasteiger partial charge in [-0.15, -0.1) is 0 Å². The van der Waals surface area contributed by atoms with Crippen LogP contribution in [0.3, 0.4) is 0 Å². The predicted octanol–water partition coefficient (Wildman–Crippen LogP) is 0.173. The summed E-state index contributed by atoms with van der Waals surface area (Å²) < 4.78 is 3.12. The SMILES string of the molecule is Cn1c(=N)n(N)c2ccccc21. The largest absolute Gasteiger partial charge is 0.336 e. The molecule has 0 atom stereocenters. The van der Waals surface area contributed by atoms with Crippen LogP contribution in [0.5, 0.6) is 0 Å². The lowest BCUT2D eigenvalue weighted by molar-refractivity contribution is 0.770. The van der Waals surface area contributed by atoms with Crippen LogP contribution in [-0.2, 0) is 7.05 Å². The summed E-state index contributed by atoms with van der Waals surface area (Å²) in [5.74, 6) is 5.65. The number of benzene rings is 1. The highest BCUT2D eigenvalue weighted by atomic mass is 15.4. The van der Waals surface area contributed by atoms with Gasteiger partial charge in [0.25, 0.3) is 0 Å². The summed E-state index contributed by atoms with van der Waals surface area (Å²) in [5, 5.41) is 7.57. The number of imidazole rings is 1. The molecule has 0 aliphatic heterocycles. The minimum absolute atomic E-state index is 0.302. The van der Waals surface area contributed by atoms with E-state index in [1.54, 1.807) is 4.57 Å². The van der Waals surface area contributed by atoms with Crippen molar-refractivity contribution >= 4 is 11.0 Å². The zero-order valence-electron chi connectivity index (χ0n) is 6.78. The Morgan fingerprint density at radius 1 is 1.25 bits per heavy atom. The Morgan fingerprint density at radius 3 is 2.42 bits per heavy atom. The highest BCUT2D eigenvalue weighted by Crippen LogP contribution is 2.08. The van der Waals surface area contributed by atoms with Gasteiger partial charge in [-0.2, -0.15) is 0 Å². The van der Waals surface area contributed by atoms with E-state index >= 15 is 0 Å². The van der Waals surface area contributed by atoms with Gasteiger partial charge in [0.05, 0.1) is 11.0 Å². The number of nitrogen functional groups attached to an aromatic ring is 1. The molecule has 0 spiro atoms. The topological polar surface area (TPSA) is 59.7 Å². The number of fused-ring (bicyclic) bond motifs is 1. The summed E-state index contributed by atoms with van der Waals surface area (Å²) in [5.41, 5.74) is 2.16. The van der Waals surface area contributed by atoms with E-state index in [0.717, 1.165) is 11.0 Å². The molecule has 3 N–H and O–H groups in total. The summed E-state index contributed by atoms with van der Waals surface area (Å²) in [6, 6.07) is 7.68. The van der Waals surface area contributed by atoms with E-state index in [1.807, 2.05) is 31.3 Å². The zero-order valence-corrected chi connectivity index (χ0v) is 6.78. The van der Waals surface area contributed by atoms with Gasteiger partial charge < -0.3 is 10.4 Å². The number of nitrogens with one attached hydrogen (secondary N) is 1. The van der Waals surface area contributed by atoms with E-state index in [9.17, 15) is 0 Å². The number of aromatic nitrogens is 2. The van der Waals surface area contributed by atoms with Gasteiger partial charge in [0.2, 0.25) is 5.62 Å². The molecule has 0 radical (unpaired) electrons. The second-order valence-corrected chi connectivity index (χ2v) is 2.74. The first kappa shape index (κ1) is 6.97. The van der Waals surface area contributed by atoms with Gasteiger partial charge in [-0.05, 0) is 12.1 Å². The molecule has 1 aromatic carbocycles. The van der Waals surface area contributed by atoms with Gasteiger partial charge >= 0.3 is 0 Å². The third kappa shape index (κ3) is 0.689. The van der Waals surface area contributed by atoms with Crippen LogP contribution in [-0.4, -0.2) is 9.24 Å². The van der Waals surface area contributed by atoms with Crippen LogP contribution >= 0.6 is 0 Å². The molecular formula is C8H10N4. The summed E-state index contributed by atoms with van der Waals surface area (Å²) in [6.07, 6.45) is 0. The van der Waals surface area contributed by atoms with Crippen LogP contribution in [0.15, 0.2) is 24.3 Å². The summed E-state index contributed by atoms with van der Waals surface area (Å²) in [4.78, 5) is 0. The number of hydrogen-bond acceptors (Lipinski definition) is 2. The quantitative estimate of drug-likeness (QED) is 0.533. The molecule has 0 unspecified atom stereocenters. The molecule has 0 aliphatic carbocycles. The molecule has 0 aliphatic rings. The molecule has 0 bridgehead atoms. The number of hydrogen-bond donors (Lipinski definition) is 2. The van der Waals surface area contributed by atoms with E-state index in [4.69, 9.17) is 11.3 Å². The lowest BCUT2D eigenvalue weighted by atomic mass is 10.3. The molecule has 0 saturated heterocycles. The Labute approximate surface area is 69.3 Å². The van der Waals surface area contributed by atoms with E-state index in [0.29, 0.717) is 5.62 Å². The lowest BCUT2D eigenvalue weighted by Crippen LogP contribution is -2.28. The van der Waals surface area contributed by atoms with Crippen LogP contribution in [0, 0.1) is 5.41 Å². The van der Waals surface area contributed by atoms with Crippen LogP contribution < -0.4 is 11.5 Å². The Balaban J connectivity index is 3.09. The molecule has 0 fully saturated rings. The fraction of sp³-hybridized carbons (Fsp3) is 0.125. The number of aryl methyl sites for hydroxylation is 1. The first-order valence-electron chi connectivity index (χ1n) is 3.68. The van der Waals surface area contributed by atoms with Crippen molar-refractivity contribution in [2.24, 2.45) is 7.05 Å².